The lowest BCUT2D eigenvalue weighted by Gasteiger charge is -2.46. The first-order chi connectivity index (χ1) is 11.4. The average molecular weight is 377 g/mol. The van der Waals surface area contributed by atoms with Gasteiger partial charge >= 0.3 is 6.18 Å². The standard InChI is InChI=1S/C18H23F3N2O.ClH/c1-22-15-7-3-10-23(12-15)16(24)17(8-4-9-17)13-5-2-6-14(11-13)18(19,20)21;/h2,5-6,11,15,22H,3-4,7-10,12H2,1H3;1H. The molecular formula is C18H24ClF3N2O. The molecule has 1 heterocycles. The summed E-state index contributed by atoms with van der Waals surface area (Å²) in [4.78, 5) is 15.0. The van der Waals surface area contributed by atoms with E-state index in [4.69, 9.17) is 0 Å². The molecule has 140 valence electrons. The van der Waals surface area contributed by atoms with E-state index in [0.717, 1.165) is 31.4 Å². The van der Waals surface area contributed by atoms with Gasteiger partial charge in [-0.3, -0.25) is 4.79 Å². The van der Waals surface area contributed by atoms with Gasteiger partial charge in [-0.15, -0.1) is 12.4 Å². The Morgan fingerprint density at radius 1 is 1.28 bits per heavy atom. The van der Waals surface area contributed by atoms with Gasteiger partial charge < -0.3 is 10.2 Å². The third kappa shape index (κ3) is 3.80. The minimum atomic E-state index is -4.38. The zero-order valence-electron chi connectivity index (χ0n) is 14.2. The number of hydrogen-bond acceptors (Lipinski definition) is 2. The average Bonchev–Trinajstić information content (AvgIpc) is 2.53. The van der Waals surface area contributed by atoms with E-state index in [9.17, 15) is 18.0 Å². The van der Waals surface area contributed by atoms with E-state index in [0.29, 0.717) is 31.5 Å². The van der Waals surface area contributed by atoms with Crippen LogP contribution in [-0.2, 0) is 16.4 Å². The third-order valence-electron chi connectivity index (χ3n) is 5.48. The molecule has 1 saturated heterocycles. The lowest BCUT2D eigenvalue weighted by Crippen LogP contribution is -2.56. The minimum absolute atomic E-state index is 0. The highest BCUT2D eigenvalue weighted by atomic mass is 35.5. The summed E-state index contributed by atoms with van der Waals surface area (Å²) < 4.78 is 39.1. The number of alkyl halides is 3. The van der Waals surface area contributed by atoms with Gasteiger partial charge in [0.1, 0.15) is 0 Å². The Morgan fingerprint density at radius 3 is 2.56 bits per heavy atom. The van der Waals surface area contributed by atoms with Crippen molar-refractivity contribution in [2.45, 2.75) is 49.7 Å². The van der Waals surface area contributed by atoms with Gasteiger partial charge in [0.05, 0.1) is 11.0 Å². The second-order valence-corrected chi connectivity index (χ2v) is 6.89. The molecule has 25 heavy (non-hydrogen) atoms. The molecule has 0 bridgehead atoms. The topological polar surface area (TPSA) is 32.3 Å². The molecule has 1 N–H and O–H groups in total. The summed E-state index contributed by atoms with van der Waals surface area (Å²) in [6, 6.07) is 5.58. The van der Waals surface area contributed by atoms with Crippen LogP contribution < -0.4 is 5.32 Å². The molecule has 1 amide bonds. The zero-order chi connectivity index (χ0) is 17.4. The van der Waals surface area contributed by atoms with E-state index >= 15 is 0 Å². The first-order valence-corrected chi connectivity index (χ1v) is 8.51. The van der Waals surface area contributed by atoms with Crippen molar-refractivity contribution in [2.75, 3.05) is 20.1 Å². The lowest BCUT2D eigenvalue weighted by atomic mass is 9.63. The van der Waals surface area contributed by atoms with E-state index in [1.54, 1.807) is 6.07 Å². The number of rotatable bonds is 3. The van der Waals surface area contributed by atoms with Gasteiger partial charge in [-0.2, -0.15) is 13.2 Å². The summed E-state index contributed by atoms with van der Waals surface area (Å²) in [6.07, 6.45) is -0.286. The van der Waals surface area contributed by atoms with Crippen molar-refractivity contribution in [3.05, 3.63) is 35.4 Å². The number of hydrogen-bond donors (Lipinski definition) is 1. The third-order valence-corrected chi connectivity index (χ3v) is 5.48. The van der Waals surface area contributed by atoms with Gasteiger partial charge in [-0.05, 0) is 44.4 Å². The molecule has 0 spiro atoms. The van der Waals surface area contributed by atoms with Crippen molar-refractivity contribution in [1.82, 2.24) is 10.2 Å². The maximum absolute atomic E-state index is 13.1. The van der Waals surface area contributed by atoms with Crippen LogP contribution in [-0.4, -0.2) is 37.0 Å². The van der Waals surface area contributed by atoms with Crippen LogP contribution in [0.1, 0.15) is 43.2 Å². The number of amides is 1. The number of carbonyl (C=O) groups excluding carboxylic acids is 1. The Morgan fingerprint density at radius 2 is 2.00 bits per heavy atom. The van der Waals surface area contributed by atoms with Crippen molar-refractivity contribution in [1.29, 1.82) is 0 Å². The molecule has 7 heteroatoms. The number of benzene rings is 1. The Kier molecular flexibility index (Phi) is 6.05. The SMILES string of the molecule is CNC1CCCN(C(=O)C2(c3cccc(C(F)(F)F)c3)CCC2)C1.Cl. The molecule has 1 aromatic carbocycles. The summed E-state index contributed by atoms with van der Waals surface area (Å²) in [7, 11) is 1.88. The summed E-state index contributed by atoms with van der Waals surface area (Å²) in [5, 5.41) is 3.20. The molecule has 1 atom stereocenters. The molecule has 1 unspecified atom stereocenters. The quantitative estimate of drug-likeness (QED) is 0.871. The second-order valence-electron chi connectivity index (χ2n) is 6.89. The predicted octanol–water partition coefficient (Wildman–Crippen LogP) is 3.76. The first kappa shape index (κ1) is 20.0. The molecule has 1 saturated carbocycles. The molecule has 0 aromatic heterocycles. The van der Waals surface area contributed by atoms with Crippen molar-refractivity contribution in [3.8, 4) is 0 Å². The Bertz CT molecular complexity index is 617. The van der Waals surface area contributed by atoms with E-state index in [-0.39, 0.29) is 24.4 Å². The van der Waals surface area contributed by atoms with Crippen LogP contribution in [0.15, 0.2) is 24.3 Å². The van der Waals surface area contributed by atoms with E-state index < -0.39 is 17.2 Å². The van der Waals surface area contributed by atoms with Crippen LogP contribution in [0.5, 0.6) is 0 Å². The van der Waals surface area contributed by atoms with Crippen LogP contribution in [0, 0.1) is 0 Å². The highest BCUT2D eigenvalue weighted by Gasteiger charge is 2.48. The molecule has 2 fully saturated rings. The number of likely N-dealkylation sites (N-methyl/N-ethyl adjacent to an activating group) is 1. The normalized spacial score (nSPS) is 22.7. The smallest absolute Gasteiger partial charge is 0.340 e. The Hall–Kier alpha value is -1.27. The summed E-state index contributed by atoms with van der Waals surface area (Å²) in [5.41, 5.74) is -0.928. The van der Waals surface area contributed by atoms with Crippen LogP contribution in [0.25, 0.3) is 0 Å². The fraction of sp³-hybridized carbons (Fsp3) is 0.611. The van der Waals surface area contributed by atoms with E-state index in [1.165, 1.54) is 6.07 Å². The van der Waals surface area contributed by atoms with Crippen LogP contribution in [0.3, 0.4) is 0 Å². The van der Waals surface area contributed by atoms with Crippen molar-refractivity contribution < 1.29 is 18.0 Å². The largest absolute Gasteiger partial charge is 0.416 e. The maximum Gasteiger partial charge on any atom is 0.416 e. The molecule has 0 radical (unpaired) electrons. The summed E-state index contributed by atoms with van der Waals surface area (Å²) >= 11 is 0. The fourth-order valence-corrected chi connectivity index (χ4v) is 3.85. The van der Waals surface area contributed by atoms with E-state index in [2.05, 4.69) is 5.32 Å². The number of nitrogens with zero attached hydrogens (tertiary/aromatic N) is 1. The number of piperidine rings is 1. The van der Waals surface area contributed by atoms with Crippen molar-refractivity contribution in [3.63, 3.8) is 0 Å². The first-order valence-electron chi connectivity index (χ1n) is 8.51. The van der Waals surface area contributed by atoms with Gasteiger partial charge in [-0.1, -0.05) is 24.6 Å². The van der Waals surface area contributed by atoms with Crippen molar-refractivity contribution >= 4 is 18.3 Å². The fourth-order valence-electron chi connectivity index (χ4n) is 3.85. The van der Waals surface area contributed by atoms with Gasteiger partial charge in [0.25, 0.3) is 0 Å². The molecule has 3 nitrogen and oxygen atoms in total. The summed E-state index contributed by atoms with van der Waals surface area (Å²) in [6.45, 7) is 1.33. The molecule has 2 aliphatic rings. The summed E-state index contributed by atoms with van der Waals surface area (Å²) in [5.74, 6) is -0.00646. The predicted molar refractivity (Wildman–Crippen MR) is 92.9 cm³/mol. The Balaban J connectivity index is 0.00000225. The maximum atomic E-state index is 13.1. The minimum Gasteiger partial charge on any atom is -0.340 e. The Labute approximate surface area is 152 Å². The molecular weight excluding hydrogens is 353 g/mol. The molecule has 1 aliphatic heterocycles. The number of nitrogens with one attached hydrogen (secondary N) is 1. The lowest BCUT2D eigenvalue weighted by molar-refractivity contribution is -0.143. The number of halogens is 4. The zero-order valence-corrected chi connectivity index (χ0v) is 15.1. The molecule has 1 aliphatic carbocycles. The van der Waals surface area contributed by atoms with Crippen LogP contribution >= 0.6 is 12.4 Å². The highest BCUT2D eigenvalue weighted by molar-refractivity contribution is 5.89. The van der Waals surface area contributed by atoms with Gasteiger partial charge in [-0.25, -0.2) is 0 Å². The van der Waals surface area contributed by atoms with Crippen molar-refractivity contribution in [2.24, 2.45) is 0 Å². The van der Waals surface area contributed by atoms with Gasteiger partial charge in [0.15, 0.2) is 0 Å². The van der Waals surface area contributed by atoms with Gasteiger partial charge in [0, 0.05) is 19.1 Å². The monoisotopic (exact) mass is 376 g/mol. The number of likely N-dealkylation sites (tertiary alicyclic amines) is 1. The number of carbonyl (C=O) groups is 1. The molecule has 1 aromatic rings. The highest BCUT2D eigenvalue weighted by Crippen LogP contribution is 2.46. The van der Waals surface area contributed by atoms with E-state index in [1.807, 2.05) is 11.9 Å². The van der Waals surface area contributed by atoms with Crippen LogP contribution in [0.4, 0.5) is 13.2 Å². The van der Waals surface area contributed by atoms with Crippen LogP contribution in [0.2, 0.25) is 0 Å². The van der Waals surface area contributed by atoms with Gasteiger partial charge in [0.2, 0.25) is 5.91 Å². The second kappa shape index (κ2) is 7.54. The molecule has 3 rings (SSSR count).